The molecule has 1 saturated carbocycles. The Balaban J connectivity index is 0.000000301. The molecule has 4 rings (SSSR count). The molecule has 0 unspecified atom stereocenters. The number of carboxylic acid groups (broad SMARTS) is 2. The van der Waals surface area contributed by atoms with E-state index in [1.807, 2.05) is 24.5 Å². The third-order valence-corrected chi connectivity index (χ3v) is 6.20. The first-order chi connectivity index (χ1) is 17.7. The average molecular weight is 574 g/mol. The summed E-state index contributed by atoms with van der Waals surface area (Å²) in [5.41, 5.74) is 2.35. The van der Waals surface area contributed by atoms with E-state index in [0.717, 1.165) is 37.5 Å². The van der Waals surface area contributed by atoms with Gasteiger partial charge in [0.2, 0.25) is 0 Å². The van der Waals surface area contributed by atoms with Crippen LogP contribution in [0.25, 0.3) is 0 Å². The van der Waals surface area contributed by atoms with Crippen LogP contribution in [0.5, 0.6) is 0 Å². The van der Waals surface area contributed by atoms with Crippen LogP contribution in [0.15, 0.2) is 29.9 Å². The van der Waals surface area contributed by atoms with Crippen LogP contribution in [-0.2, 0) is 32.2 Å². The lowest BCUT2D eigenvalue weighted by Crippen LogP contribution is -2.51. The summed E-state index contributed by atoms with van der Waals surface area (Å²) in [4.78, 5) is 29.0. The van der Waals surface area contributed by atoms with Crippen molar-refractivity contribution in [3.05, 3.63) is 46.2 Å². The van der Waals surface area contributed by atoms with Crippen molar-refractivity contribution in [2.75, 3.05) is 13.2 Å². The Morgan fingerprint density at radius 2 is 1.68 bits per heavy atom. The molecule has 16 heteroatoms. The summed E-state index contributed by atoms with van der Waals surface area (Å²) in [5, 5.41) is 17.6. The number of rotatable bonds is 5. The molecule has 0 spiro atoms. The number of aryl methyl sites for hydroxylation is 1. The monoisotopic (exact) mass is 573 g/mol. The number of halogens is 6. The number of hydrogen-bond acceptors (Lipinski definition) is 8. The Morgan fingerprint density at radius 3 is 2.18 bits per heavy atom. The summed E-state index contributed by atoms with van der Waals surface area (Å²) in [7, 11) is 0. The molecular formula is C22H25F6N3O6S. The quantitative estimate of drug-likeness (QED) is 0.510. The van der Waals surface area contributed by atoms with Crippen molar-refractivity contribution in [2.45, 2.75) is 63.5 Å². The first-order valence-electron chi connectivity index (χ1n) is 11.1. The Hall–Kier alpha value is -2.82. The van der Waals surface area contributed by atoms with Crippen molar-refractivity contribution in [2.24, 2.45) is 0 Å². The molecule has 3 atom stereocenters. The van der Waals surface area contributed by atoms with Crippen LogP contribution in [0.2, 0.25) is 0 Å². The van der Waals surface area contributed by atoms with Gasteiger partial charge < -0.3 is 19.7 Å². The van der Waals surface area contributed by atoms with Gasteiger partial charge >= 0.3 is 24.3 Å². The lowest BCUT2D eigenvalue weighted by Gasteiger charge is -2.38. The molecule has 0 bridgehead atoms. The van der Waals surface area contributed by atoms with Crippen LogP contribution >= 0.6 is 11.3 Å². The van der Waals surface area contributed by atoms with Crippen molar-refractivity contribution in [3.63, 3.8) is 0 Å². The second-order valence-electron chi connectivity index (χ2n) is 8.12. The first kappa shape index (κ1) is 31.4. The highest BCUT2D eigenvalue weighted by Gasteiger charge is 2.43. The second kappa shape index (κ2) is 13.8. The molecule has 0 radical (unpaired) electrons. The minimum Gasteiger partial charge on any atom is -0.475 e. The van der Waals surface area contributed by atoms with E-state index in [9.17, 15) is 26.3 Å². The molecule has 0 aromatic carbocycles. The topological polar surface area (TPSA) is 122 Å². The SMILES string of the molecule is Cc1nc(CN2CCO[C@H]3[C@@H](OCc4ccncc4)CC[C@@H]32)cs1.O=C(O)C(F)(F)F.O=C(O)C(F)(F)F. The van der Waals surface area contributed by atoms with Gasteiger partial charge in [0.1, 0.15) is 0 Å². The van der Waals surface area contributed by atoms with Gasteiger partial charge in [0, 0.05) is 36.9 Å². The predicted molar refractivity (Wildman–Crippen MR) is 120 cm³/mol. The van der Waals surface area contributed by atoms with Gasteiger partial charge in [-0.25, -0.2) is 14.6 Å². The number of ether oxygens (including phenoxy) is 2. The van der Waals surface area contributed by atoms with Gasteiger partial charge in [-0.3, -0.25) is 9.88 Å². The van der Waals surface area contributed by atoms with Crippen LogP contribution in [-0.4, -0.2) is 80.8 Å². The largest absolute Gasteiger partial charge is 0.490 e. The number of thiazole rings is 1. The Morgan fingerprint density at radius 1 is 1.11 bits per heavy atom. The van der Waals surface area contributed by atoms with Crippen LogP contribution in [0, 0.1) is 6.92 Å². The molecule has 2 aromatic heterocycles. The van der Waals surface area contributed by atoms with Crippen LogP contribution < -0.4 is 0 Å². The molecule has 1 saturated heterocycles. The molecule has 3 heterocycles. The lowest BCUT2D eigenvalue weighted by atomic mass is 10.1. The standard InChI is InChI=1S/C18H23N3O2S.2C2HF3O2/c1-13-20-15(12-24-13)10-21-8-9-22-18-16(21)2-3-17(18)23-11-14-4-6-19-7-5-14;2*3-2(4,5)1(6)7/h4-7,12,16-18H,2-3,8-11H2,1H3;2*(H,6,7)/t16-,17-,18+;;/m0../s1. The number of carboxylic acids is 2. The molecular weight excluding hydrogens is 548 g/mol. The zero-order chi connectivity index (χ0) is 28.5. The molecule has 38 heavy (non-hydrogen) atoms. The van der Waals surface area contributed by atoms with Crippen molar-refractivity contribution in [1.29, 1.82) is 0 Å². The van der Waals surface area contributed by atoms with E-state index < -0.39 is 24.3 Å². The molecule has 212 valence electrons. The number of nitrogens with zero attached hydrogens (tertiary/aromatic N) is 3. The fraction of sp³-hybridized carbons (Fsp3) is 0.545. The highest BCUT2D eigenvalue weighted by molar-refractivity contribution is 7.09. The second-order valence-corrected chi connectivity index (χ2v) is 9.18. The van der Waals surface area contributed by atoms with Crippen molar-refractivity contribution >= 4 is 23.3 Å². The van der Waals surface area contributed by atoms with E-state index in [-0.39, 0.29) is 12.2 Å². The van der Waals surface area contributed by atoms with E-state index in [0.29, 0.717) is 12.6 Å². The summed E-state index contributed by atoms with van der Waals surface area (Å²) in [5.74, 6) is -5.51. The van der Waals surface area contributed by atoms with Gasteiger partial charge in [0.25, 0.3) is 0 Å². The number of aromatic nitrogens is 2. The zero-order valence-electron chi connectivity index (χ0n) is 19.9. The molecule has 2 N–H and O–H groups in total. The molecule has 2 aliphatic rings. The smallest absolute Gasteiger partial charge is 0.475 e. The molecule has 9 nitrogen and oxygen atoms in total. The fourth-order valence-electron chi connectivity index (χ4n) is 3.74. The number of alkyl halides is 6. The maximum atomic E-state index is 10.6. The average Bonchev–Trinajstić information content (AvgIpc) is 3.44. The van der Waals surface area contributed by atoms with Crippen molar-refractivity contribution < 1.29 is 55.6 Å². The predicted octanol–water partition coefficient (Wildman–Crippen LogP) is 4.06. The minimum atomic E-state index is -5.08. The Labute approximate surface area is 217 Å². The Bertz CT molecular complexity index is 1010. The van der Waals surface area contributed by atoms with E-state index in [2.05, 4.69) is 27.2 Å². The molecule has 1 aliphatic heterocycles. The maximum absolute atomic E-state index is 10.6. The normalized spacial score (nSPS) is 21.4. The van der Waals surface area contributed by atoms with E-state index in [1.165, 1.54) is 11.3 Å². The molecule has 0 amide bonds. The van der Waals surface area contributed by atoms with Gasteiger partial charge in [0.15, 0.2) is 0 Å². The van der Waals surface area contributed by atoms with Crippen LogP contribution in [0.3, 0.4) is 0 Å². The summed E-state index contributed by atoms with van der Waals surface area (Å²) < 4.78 is 75.7. The van der Waals surface area contributed by atoms with Gasteiger partial charge in [-0.1, -0.05) is 0 Å². The summed E-state index contributed by atoms with van der Waals surface area (Å²) in [6.07, 6.45) is -3.99. The van der Waals surface area contributed by atoms with Gasteiger partial charge in [-0.2, -0.15) is 26.3 Å². The summed E-state index contributed by atoms with van der Waals surface area (Å²) in [6.45, 7) is 5.38. The number of aliphatic carboxylic acids is 2. The summed E-state index contributed by atoms with van der Waals surface area (Å²) >= 11 is 1.73. The van der Waals surface area contributed by atoms with Gasteiger partial charge in [-0.15, -0.1) is 11.3 Å². The third kappa shape index (κ3) is 10.2. The van der Waals surface area contributed by atoms with Crippen LogP contribution in [0.1, 0.15) is 29.1 Å². The number of morpholine rings is 1. The molecule has 2 fully saturated rings. The minimum absolute atomic E-state index is 0.181. The maximum Gasteiger partial charge on any atom is 0.490 e. The Kier molecular flexibility index (Phi) is 11.4. The van der Waals surface area contributed by atoms with E-state index >= 15 is 0 Å². The molecule has 1 aliphatic carbocycles. The van der Waals surface area contributed by atoms with Crippen LogP contribution in [0.4, 0.5) is 26.3 Å². The van der Waals surface area contributed by atoms with Crippen molar-refractivity contribution in [1.82, 2.24) is 14.9 Å². The third-order valence-electron chi connectivity index (χ3n) is 5.38. The van der Waals surface area contributed by atoms with Gasteiger partial charge in [0.05, 0.1) is 36.1 Å². The highest BCUT2D eigenvalue weighted by atomic mass is 32.1. The fourth-order valence-corrected chi connectivity index (χ4v) is 4.34. The number of pyridine rings is 1. The van der Waals surface area contributed by atoms with Gasteiger partial charge in [-0.05, 0) is 37.5 Å². The number of hydrogen-bond donors (Lipinski definition) is 2. The number of fused-ring (bicyclic) bond motifs is 1. The van der Waals surface area contributed by atoms with E-state index in [1.54, 1.807) is 11.3 Å². The lowest BCUT2D eigenvalue weighted by molar-refractivity contribution is -0.193. The number of carbonyl (C=O) groups is 2. The first-order valence-corrected chi connectivity index (χ1v) is 11.9. The zero-order valence-corrected chi connectivity index (χ0v) is 20.7. The molecule has 2 aromatic rings. The summed E-state index contributed by atoms with van der Waals surface area (Å²) in [6, 6.07) is 4.46. The van der Waals surface area contributed by atoms with E-state index in [4.69, 9.17) is 29.3 Å². The highest BCUT2D eigenvalue weighted by Crippen LogP contribution is 2.33. The van der Waals surface area contributed by atoms with Crippen molar-refractivity contribution in [3.8, 4) is 0 Å².